The third-order valence-corrected chi connectivity index (χ3v) is 6.24. The van der Waals surface area contributed by atoms with Crippen molar-refractivity contribution in [2.75, 3.05) is 19.7 Å². The number of amides is 2. The summed E-state index contributed by atoms with van der Waals surface area (Å²) in [7, 11) is 0. The molecule has 10 heteroatoms. The summed E-state index contributed by atoms with van der Waals surface area (Å²) in [6.45, 7) is 3.14. The maximum atomic E-state index is 12.8. The summed E-state index contributed by atoms with van der Waals surface area (Å²) in [4.78, 5) is 30.0. The minimum absolute atomic E-state index is 0.00574. The minimum atomic E-state index is -4.18. The van der Waals surface area contributed by atoms with Gasteiger partial charge in [-0.2, -0.15) is 13.2 Å². The van der Waals surface area contributed by atoms with Gasteiger partial charge < -0.3 is 15.4 Å². The number of pyridine rings is 1. The lowest BCUT2D eigenvalue weighted by atomic mass is 9.81. The molecule has 30 heavy (non-hydrogen) atoms. The Morgan fingerprint density at radius 3 is 2.60 bits per heavy atom. The number of carbonyl (C=O) groups is 2. The van der Waals surface area contributed by atoms with Gasteiger partial charge in [-0.3, -0.25) is 9.59 Å². The highest BCUT2D eigenvalue weighted by Crippen LogP contribution is 2.41. The molecule has 166 valence electrons. The lowest BCUT2D eigenvalue weighted by Crippen LogP contribution is -2.39. The van der Waals surface area contributed by atoms with Crippen molar-refractivity contribution in [3.05, 3.63) is 23.0 Å². The fourth-order valence-corrected chi connectivity index (χ4v) is 4.37. The second kappa shape index (κ2) is 8.61. The van der Waals surface area contributed by atoms with Crippen molar-refractivity contribution >= 4 is 23.4 Å². The van der Waals surface area contributed by atoms with E-state index in [1.807, 2.05) is 6.92 Å². The van der Waals surface area contributed by atoms with Gasteiger partial charge >= 0.3 is 6.18 Å². The Labute approximate surface area is 177 Å². The Kier molecular flexibility index (Phi) is 6.50. The number of halogens is 4. The van der Waals surface area contributed by atoms with Crippen molar-refractivity contribution in [3.8, 4) is 5.75 Å². The van der Waals surface area contributed by atoms with Crippen molar-refractivity contribution in [1.29, 1.82) is 0 Å². The van der Waals surface area contributed by atoms with E-state index in [1.54, 1.807) is 4.90 Å². The lowest BCUT2D eigenvalue weighted by Gasteiger charge is -2.32. The second-order valence-electron chi connectivity index (χ2n) is 8.56. The first-order valence-electron chi connectivity index (χ1n) is 9.92. The summed E-state index contributed by atoms with van der Waals surface area (Å²) in [5, 5.41) is 0.304. The molecule has 1 aliphatic heterocycles. The highest BCUT2D eigenvalue weighted by atomic mass is 35.5. The Balaban J connectivity index is 1.56. The van der Waals surface area contributed by atoms with Crippen LogP contribution in [0, 0.1) is 17.3 Å². The maximum Gasteiger partial charge on any atom is 0.391 e. The molecule has 1 saturated heterocycles. The summed E-state index contributed by atoms with van der Waals surface area (Å²) in [6, 6.07) is 1.47. The van der Waals surface area contributed by atoms with Crippen LogP contribution in [-0.4, -0.2) is 47.6 Å². The molecule has 0 spiro atoms. The lowest BCUT2D eigenvalue weighted by molar-refractivity contribution is -0.185. The molecule has 2 N–H and O–H groups in total. The highest BCUT2D eigenvalue weighted by Gasteiger charge is 2.44. The van der Waals surface area contributed by atoms with Crippen LogP contribution in [0.15, 0.2) is 12.3 Å². The van der Waals surface area contributed by atoms with Gasteiger partial charge in [0.05, 0.1) is 17.5 Å². The summed E-state index contributed by atoms with van der Waals surface area (Å²) >= 11 is 5.92. The zero-order valence-corrected chi connectivity index (χ0v) is 17.4. The van der Waals surface area contributed by atoms with Gasteiger partial charge in [0.1, 0.15) is 0 Å². The number of nitrogens with zero attached hydrogens (tertiary/aromatic N) is 2. The molecule has 1 unspecified atom stereocenters. The largest absolute Gasteiger partial charge is 0.490 e. The van der Waals surface area contributed by atoms with Gasteiger partial charge in [0.2, 0.25) is 5.91 Å². The fourth-order valence-electron chi connectivity index (χ4n) is 4.22. The van der Waals surface area contributed by atoms with E-state index in [2.05, 4.69) is 4.98 Å². The molecule has 1 aromatic rings. The number of nitrogens with two attached hydrogens (primary N) is 1. The molecule has 0 radical (unpaired) electrons. The average molecular weight is 448 g/mol. The van der Waals surface area contributed by atoms with Crippen LogP contribution >= 0.6 is 11.6 Å². The Hall–Kier alpha value is -2.03. The zero-order valence-electron chi connectivity index (χ0n) is 16.7. The van der Waals surface area contributed by atoms with Crippen LogP contribution in [0.25, 0.3) is 0 Å². The normalized spacial score (nSPS) is 27.2. The van der Waals surface area contributed by atoms with Crippen LogP contribution in [0.3, 0.4) is 0 Å². The van der Waals surface area contributed by atoms with E-state index in [4.69, 9.17) is 22.1 Å². The predicted octanol–water partition coefficient (Wildman–Crippen LogP) is 3.82. The van der Waals surface area contributed by atoms with Gasteiger partial charge in [0, 0.05) is 36.7 Å². The number of likely N-dealkylation sites (tertiary alicyclic amines) is 1. The van der Waals surface area contributed by atoms with Gasteiger partial charge in [-0.25, -0.2) is 4.98 Å². The molecular weight excluding hydrogens is 423 g/mol. The fraction of sp³-hybridized carbons (Fsp3) is 0.650. The van der Waals surface area contributed by atoms with Crippen molar-refractivity contribution in [1.82, 2.24) is 9.88 Å². The quantitative estimate of drug-likeness (QED) is 0.743. The Morgan fingerprint density at radius 2 is 2.00 bits per heavy atom. The summed E-state index contributed by atoms with van der Waals surface area (Å²) in [5.74, 6) is -2.28. The molecule has 1 atom stereocenters. The van der Waals surface area contributed by atoms with Gasteiger partial charge in [-0.1, -0.05) is 18.5 Å². The van der Waals surface area contributed by atoms with E-state index in [-0.39, 0.29) is 61.0 Å². The number of hydrogen-bond acceptors (Lipinski definition) is 4. The summed E-state index contributed by atoms with van der Waals surface area (Å²) in [5.41, 5.74) is 4.93. The standard InChI is InChI=1S/C20H25ClF3N3O3/c1-19(11-30-15-8-14(21)9-26-16(15)17(25)28)6-7-27(10-19)18(29)12-2-4-13(5-3-12)20(22,23)24/h8-9,12-13H,2-7,10-11H2,1H3,(H2,25,28)/t12-,13-,19?. The molecular formula is C20H25ClF3N3O3. The van der Waals surface area contributed by atoms with Gasteiger partial charge in [-0.15, -0.1) is 0 Å². The first-order chi connectivity index (χ1) is 14.0. The zero-order chi connectivity index (χ0) is 22.1. The van der Waals surface area contributed by atoms with Gasteiger partial charge in [0.25, 0.3) is 5.91 Å². The summed E-state index contributed by atoms with van der Waals surface area (Å²) in [6.07, 6.45) is -1.66. The van der Waals surface area contributed by atoms with Crippen LogP contribution in [0.4, 0.5) is 13.2 Å². The molecule has 1 saturated carbocycles. The molecule has 3 rings (SSSR count). The topological polar surface area (TPSA) is 85.5 Å². The second-order valence-corrected chi connectivity index (χ2v) is 9.00. The smallest absolute Gasteiger partial charge is 0.391 e. The van der Waals surface area contributed by atoms with Crippen LogP contribution < -0.4 is 10.5 Å². The molecule has 6 nitrogen and oxygen atoms in total. The number of ether oxygens (including phenoxy) is 1. The Morgan fingerprint density at radius 1 is 1.33 bits per heavy atom. The third kappa shape index (κ3) is 5.17. The average Bonchev–Trinajstić information content (AvgIpc) is 3.07. The van der Waals surface area contributed by atoms with E-state index >= 15 is 0 Å². The monoisotopic (exact) mass is 447 g/mol. The number of aromatic nitrogens is 1. The van der Waals surface area contributed by atoms with E-state index in [0.29, 0.717) is 24.5 Å². The van der Waals surface area contributed by atoms with Gasteiger partial charge in [0.15, 0.2) is 11.4 Å². The molecule has 0 aromatic carbocycles. The van der Waals surface area contributed by atoms with Crippen LogP contribution in [-0.2, 0) is 4.79 Å². The molecule has 2 aliphatic rings. The first-order valence-corrected chi connectivity index (χ1v) is 10.3. The number of alkyl halides is 3. The van der Waals surface area contributed by atoms with Crippen LogP contribution in [0.5, 0.6) is 5.75 Å². The molecule has 1 aromatic heterocycles. The number of primary amides is 1. The number of rotatable bonds is 5. The van der Waals surface area contributed by atoms with Crippen molar-refractivity contribution < 1.29 is 27.5 Å². The molecule has 2 heterocycles. The van der Waals surface area contributed by atoms with Crippen LogP contribution in [0.1, 0.15) is 49.5 Å². The van der Waals surface area contributed by atoms with Gasteiger partial charge in [-0.05, 0) is 32.1 Å². The SMILES string of the molecule is CC1(COc2cc(Cl)cnc2C(N)=O)CCN(C(=O)[C@H]2CC[C@H](C(F)(F)F)CC2)C1. The van der Waals surface area contributed by atoms with E-state index < -0.39 is 18.0 Å². The third-order valence-electron chi connectivity index (χ3n) is 6.04. The number of hydrogen-bond donors (Lipinski definition) is 1. The Bertz CT molecular complexity index is 812. The van der Waals surface area contributed by atoms with Crippen molar-refractivity contribution in [2.45, 2.75) is 45.2 Å². The molecule has 2 amide bonds. The summed E-state index contributed by atoms with van der Waals surface area (Å²) < 4.78 is 44.3. The van der Waals surface area contributed by atoms with Crippen molar-refractivity contribution in [3.63, 3.8) is 0 Å². The maximum absolute atomic E-state index is 12.8. The molecule has 0 bridgehead atoms. The van der Waals surface area contributed by atoms with E-state index in [0.717, 1.165) is 0 Å². The highest BCUT2D eigenvalue weighted by molar-refractivity contribution is 6.30. The minimum Gasteiger partial charge on any atom is -0.490 e. The number of carbonyl (C=O) groups excluding carboxylic acids is 2. The predicted molar refractivity (Wildman–Crippen MR) is 104 cm³/mol. The molecule has 2 fully saturated rings. The molecule has 1 aliphatic carbocycles. The van der Waals surface area contributed by atoms with Crippen molar-refractivity contribution in [2.24, 2.45) is 23.0 Å². The van der Waals surface area contributed by atoms with E-state index in [9.17, 15) is 22.8 Å². The van der Waals surface area contributed by atoms with E-state index in [1.165, 1.54) is 12.3 Å². The first kappa shape index (κ1) is 22.7. The van der Waals surface area contributed by atoms with Crippen LogP contribution in [0.2, 0.25) is 5.02 Å².